The molecule has 1 unspecified atom stereocenters. The standard InChI is InChI=1S/C14H10ClFN2O2S/c15-21(19)14-6-5-13(20-14)12-7-8-18(17-12)9-10-3-1-2-4-11(10)16/h1-8H,9H2. The first-order chi connectivity index (χ1) is 10.1. The number of aromatic nitrogens is 2. The van der Waals surface area contributed by atoms with Crippen molar-refractivity contribution < 1.29 is 13.0 Å². The highest BCUT2D eigenvalue weighted by Gasteiger charge is 2.11. The molecule has 0 aliphatic rings. The number of furan rings is 1. The van der Waals surface area contributed by atoms with Gasteiger partial charge in [-0.05, 0) is 34.9 Å². The molecular formula is C14H10ClFN2O2S. The summed E-state index contributed by atoms with van der Waals surface area (Å²) in [5, 5.41) is 4.48. The number of hydrogen-bond acceptors (Lipinski definition) is 3. The zero-order valence-electron chi connectivity index (χ0n) is 10.7. The Morgan fingerprint density at radius 2 is 2.05 bits per heavy atom. The molecule has 108 valence electrons. The second-order valence-electron chi connectivity index (χ2n) is 4.33. The van der Waals surface area contributed by atoms with Crippen molar-refractivity contribution in [3.63, 3.8) is 0 Å². The topological polar surface area (TPSA) is 48.0 Å². The highest BCUT2D eigenvalue weighted by Crippen LogP contribution is 2.23. The van der Waals surface area contributed by atoms with E-state index in [-0.39, 0.29) is 10.9 Å². The minimum atomic E-state index is -1.69. The van der Waals surface area contributed by atoms with Gasteiger partial charge in [0.1, 0.15) is 11.5 Å². The van der Waals surface area contributed by atoms with Crippen LogP contribution in [0.5, 0.6) is 0 Å². The van der Waals surface area contributed by atoms with E-state index in [9.17, 15) is 8.60 Å². The Kier molecular flexibility index (Phi) is 3.90. The Bertz CT molecular complexity index is 800. The van der Waals surface area contributed by atoms with Crippen LogP contribution < -0.4 is 0 Å². The van der Waals surface area contributed by atoms with Gasteiger partial charge in [-0.25, -0.2) is 8.60 Å². The molecule has 3 aromatic rings. The van der Waals surface area contributed by atoms with Crippen LogP contribution in [0.15, 0.2) is 58.2 Å². The van der Waals surface area contributed by atoms with Crippen LogP contribution in [0.4, 0.5) is 4.39 Å². The van der Waals surface area contributed by atoms with Crippen molar-refractivity contribution in [2.45, 2.75) is 11.6 Å². The Balaban J connectivity index is 1.83. The van der Waals surface area contributed by atoms with Crippen LogP contribution in [0.25, 0.3) is 11.5 Å². The molecule has 2 aromatic heterocycles. The number of rotatable bonds is 4. The maximum atomic E-state index is 13.6. The monoisotopic (exact) mass is 324 g/mol. The zero-order chi connectivity index (χ0) is 14.8. The third kappa shape index (κ3) is 3.06. The average molecular weight is 325 g/mol. The first kappa shape index (κ1) is 14.0. The number of nitrogens with zero attached hydrogens (tertiary/aromatic N) is 2. The van der Waals surface area contributed by atoms with E-state index in [0.29, 0.717) is 23.6 Å². The largest absolute Gasteiger partial charge is 0.444 e. The van der Waals surface area contributed by atoms with E-state index in [1.165, 1.54) is 12.1 Å². The summed E-state index contributed by atoms with van der Waals surface area (Å²) in [7, 11) is 3.76. The van der Waals surface area contributed by atoms with E-state index in [4.69, 9.17) is 15.1 Å². The summed E-state index contributed by atoms with van der Waals surface area (Å²) in [4.78, 5) is 0. The summed E-state index contributed by atoms with van der Waals surface area (Å²) in [6.07, 6.45) is 1.72. The lowest BCUT2D eigenvalue weighted by Gasteiger charge is -2.02. The van der Waals surface area contributed by atoms with E-state index in [1.54, 1.807) is 41.2 Å². The van der Waals surface area contributed by atoms with E-state index in [0.717, 1.165) is 0 Å². The lowest BCUT2D eigenvalue weighted by molar-refractivity contribution is 0.478. The van der Waals surface area contributed by atoms with Crippen LogP contribution in [0.2, 0.25) is 0 Å². The minimum Gasteiger partial charge on any atom is -0.444 e. The molecule has 0 radical (unpaired) electrons. The van der Waals surface area contributed by atoms with Crippen molar-refractivity contribution in [1.82, 2.24) is 9.78 Å². The van der Waals surface area contributed by atoms with Gasteiger partial charge in [0.2, 0.25) is 5.09 Å². The van der Waals surface area contributed by atoms with Crippen LogP contribution in [0.3, 0.4) is 0 Å². The van der Waals surface area contributed by atoms with Crippen LogP contribution in [-0.2, 0) is 16.6 Å². The Morgan fingerprint density at radius 3 is 2.76 bits per heavy atom. The summed E-state index contributed by atoms with van der Waals surface area (Å²) in [5.74, 6) is 0.193. The van der Waals surface area contributed by atoms with E-state index in [1.807, 2.05) is 0 Å². The maximum Gasteiger partial charge on any atom is 0.206 e. The predicted octanol–water partition coefficient (Wildman–Crippen LogP) is 3.59. The zero-order valence-corrected chi connectivity index (χ0v) is 12.3. The van der Waals surface area contributed by atoms with Crippen molar-refractivity contribution in [3.05, 3.63) is 60.0 Å². The van der Waals surface area contributed by atoms with Crippen LogP contribution in [0, 0.1) is 5.82 Å². The predicted molar refractivity (Wildman–Crippen MR) is 77.7 cm³/mol. The molecule has 0 aliphatic heterocycles. The van der Waals surface area contributed by atoms with Gasteiger partial charge in [-0.15, -0.1) is 0 Å². The molecule has 0 fully saturated rings. The van der Waals surface area contributed by atoms with Crippen LogP contribution in [0.1, 0.15) is 5.56 Å². The highest BCUT2D eigenvalue weighted by atomic mass is 35.7. The van der Waals surface area contributed by atoms with E-state index < -0.39 is 10.0 Å². The smallest absolute Gasteiger partial charge is 0.206 e. The Labute approximate surface area is 127 Å². The molecular weight excluding hydrogens is 315 g/mol. The summed E-state index contributed by atoms with van der Waals surface area (Å²) >= 11 is 0. The number of hydrogen-bond donors (Lipinski definition) is 0. The molecule has 0 aliphatic carbocycles. The molecule has 0 bridgehead atoms. The van der Waals surface area contributed by atoms with Gasteiger partial charge in [-0.3, -0.25) is 4.68 Å². The second-order valence-corrected chi connectivity index (χ2v) is 6.02. The molecule has 0 saturated carbocycles. The molecule has 3 rings (SSSR count). The van der Waals surface area contributed by atoms with E-state index in [2.05, 4.69) is 5.10 Å². The van der Waals surface area contributed by atoms with Gasteiger partial charge in [-0.1, -0.05) is 18.2 Å². The first-order valence-corrected chi connectivity index (χ1v) is 8.06. The summed E-state index contributed by atoms with van der Waals surface area (Å²) in [6.45, 7) is 0.321. The summed E-state index contributed by atoms with van der Waals surface area (Å²) in [5.41, 5.74) is 1.12. The van der Waals surface area contributed by atoms with Crippen molar-refractivity contribution in [2.75, 3.05) is 0 Å². The van der Waals surface area contributed by atoms with Crippen molar-refractivity contribution in [1.29, 1.82) is 0 Å². The Hall–Kier alpha value is -1.92. The second kappa shape index (κ2) is 5.83. The van der Waals surface area contributed by atoms with Gasteiger partial charge in [-0.2, -0.15) is 5.10 Å². The maximum absolute atomic E-state index is 13.6. The van der Waals surface area contributed by atoms with Gasteiger partial charge in [0, 0.05) is 11.8 Å². The number of halogens is 2. The number of benzene rings is 1. The quantitative estimate of drug-likeness (QED) is 0.689. The average Bonchev–Trinajstić information content (AvgIpc) is 3.10. The fourth-order valence-corrected chi connectivity index (χ4v) is 2.51. The van der Waals surface area contributed by atoms with Gasteiger partial charge < -0.3 is 4.42 Å². The van der Waals surface area contributed by atoms with Gasteiger partial charge in [0.05, 0.1) is 6.54 Å². The molecule has 0 amide bonds. The van der Waals surface area contributed by atoms with Crippen LogP contribution in [-0.4, -0.2) is 14.0 Å². The van der Waals surface area contributed by atoms with Gasteiger partial charge in [0.25, 0.3) is 0 Å². The molecule has 7 heteroatoms. The third-order valence-corrected chi connectivity index (χ3v) is 3.91. The SMILES string of the molecule is O=S(Cl)c1ccc(-c2ccn(Cc3ccccc3F)n2)o1. The molecule has 0 N–H and O–H groups in total. The minimum absolute atomic E-state index is 0.176. The fourth-order valence-electron chi connectivity index (χ4n) is 1.93. The molecule has 2 heterocycles. The third-order valence-electron chi connectivity index (χ3n) is 2.92. The molecule has 0 spiro atoms. The van der Waals surface area contributed by atoms with E-state index >= 15 is 0 Å². The normalized spacial score (nSPS) is 12.5. The lowest BCUT2D eigenvalue weighted by Crippen LogP contribution is -2.02. The van der Waals surface area contributed by atoms with Crippen LogP contribution >= 0.6 is 10.7 Å². The molecule has 1 atom stereocenters. The van der Waals surface area contributed by atoms with Crippen molar-refractivity contribution in [2.24, 2.45) is 0 Å². The van der Waals surface area contributed by atoms with Gasteiger partial charge >= 0.3 is 0 Å². The molecule has 1 aromatic carbocycles. The summed E-state index contributed by atoms with van der Waals surface area (Å²) in [6, 6.07) is 11.5. The summed E-state index contributed by atoms with van der Waals surface area (Å²) < 4.78 is 31.6. The van der Waals surface area contributed by atoms with Crippen molar-refractivity contribution >= 4 is 20.7 Å². The Morgan fingerprint density at radius 1 is 1.24 bits per heavy atom. The highest BCUT2D eigenvalue weighted by molar-refractivity contribution is 8.08. The van der Waals surface area contributed by atoms with Crippen molar-refractivity contribution in [3.8, 4) is 11.5 Å². The molecule has 21 heavy (non-hydrogen) atoms. The first-order valence-electron chi connectivity index (χ1n) is 6.08. The molecule has 4 nitrogen and oxygen atoms in total. The lowest BCUT2D eigenvalue weighted by atomic mass is 10.2. The molecule has 0 saturated heterocycles. The van der Waals surface area contributed by atoms with Gasteiger partial charge in [0.15, 0.2) is 15.8 Å². The fraction of sp³-hybridized carbons (Fsp3) is 0.0714.